The third-order valence-corrected chi connectivity index (χ3v) is 3.62. The lowest BCUT2D eigenvalue weighted by Crippen LogP contribution is -2.08. The van der Waals surface area contributed by atoms with Crippen LogP contribution in [0.25, 0.3) is 0 Å². The number of esters is 1. The Morgan fingerprint density at radius 1 is 1.09 bits per heavy atom. The molecule has 0 heterocycles. The summed E-state index contributed by atoms with van der Waals surface area (Å²) in [7, 11) is 0. The molecule has 0 saturated heterocycles. The van der Waals surface area contributed by atoms with Crippen LogP contribution in [0.15, 0.2) is 42.5 Å². The first-order valence-corrected chi connectivity index (χ1v) is 7.59. The van der Waals surface area contributed by atoms with E-state index in [1.807, 2.05) is 0 Å². The highest BCUT2D eigenvalue weighted by Crippen LogP contribution is 2.18. The average Bonchev–Trinajstić information content (AvgIpc) is 2.51. The van der Waals surface area contributed by atoms with Gasteiger partial charge in [0.25, 0.3) is 0 Å². The Balaban J connectivity index is 1.98. The molecule has 120 valence electrons. The molecule has 0 bridgehead atoms. The van der Waals surface area contributed by atoms with Crippen LogP contribution in [0, 0.1) is 5.82 Å². The second-order valence-electron chi connectivity index (χ2n) is 5.05. The largest absolute Gasteiger partial charge is 0.462 e. The molecule has 0 aromatic heterocycles. The lowest BCUT2D eigenvalue weighted by Gasteiger charge is -2.06. The van der Waals surface area contributed by atoms with Gasteiger partial charge >= 0.3 is 5.97 Å². The molecule has 5 heteroatoms. The summed E-state index contributed by atoms with van der Waals surface area (Å²) < 4.78 is 17.9. The smallest absolute Gasteiger partial charge is 0.338 e. The van der Waals surface area contributed by atoms with E-state index in [0.717, 1.165) is 5.56 Å². The zero-order valence-corrected chi connectivity index (χ0v) is 13.4. The summed E-state index contributed by atoms with van der Waals surface area (Å²) in [5.74, 6) is -0.855. The second-order valence-corrected chi connectivity index (χ2v) is 5.45. The Bertz CT molecular complexity index is 711. The van der Waals surface area contributed by atoms with Crippen molar-refractivity contribution in [2.45, 2.75) is 19.8 Å². The van der Waals surface area contributed by atoms with Gasteiger partial charge in [0.1, 0.15) is 11.6 Å². The van der Waals surface area contributed by atoms with Crippen LogP contribution in [0.3, 0.4) is 0 Å². The zero-order chi connectivity index (χ0) is 16.8. The minimum Gasteiger partial charge on any atom is -0.462 e. The number of halogens is 2. The fourth-order valence-electron chi connectivity index (χ4n) is 2.14. The van der Waals surface area contributed by atoms with Crippen LogP contribution in [-0.4, -0.2) is 18.4 Å². The van der Waals surface area contributed by atoms with Crippen LogP contribution < -0.4 is 0 Å². The third-order valence-electron chi connectivity index (χ3n) is 3.27. The number of Topliss-reactive ketones (excluding diaryl/α,β-unsaturated/α-hetero) is 1. The molecule has 23 heavy (non-hydrogen) atoms. The molecule has 0 fully saturated rings. The summed E-state index contributed by atoms with van der Waals surface area (Å²) in [5.41, 5.74) is 1.84. The third kappa shape index (κ3) is 4.89. The highest BCUT2D eigenvalue weighted by atomic mass is 35.5. The molecule has 0 spiro atoms. The van der Waals surface area contributed by atoms with Gasteiger partial charge in [-0.3, -0.25) is 4.79 Å². The van der Waals surface area contributed by atoms with Crippen molar-refractivity contribution < 1.29 is 18.7 Å². The van der Waals surface area contributed by atoms with Crippen molar-refractivity contribution in [1.29, 1.82) is 0 Å². The van der Waals surface area contributed by atoms with Crippen LogP contribution in [0.5, 0.6) is 0 Å². The topological polar surface area (TPSA) is 43.4 Å². The zero-order valence-electron chi connectivity index (χ0n) is 12.6. The lowest BCUT2D eigenvalue weighted by molar-refractivity contribution is -0.117. The number of benzene rings is 2. The van der Waals surface area contributed by atoms with Crippen LogP contribution in [0.2, 0.25) is 5.02 Å². The Morgan fingerprint density at radius 2 is 1.78 bits per heavy atom. The highest BCUT2D eigenvalue weighted by molar-refractivity contribution is 6.31. The minimum absolute atomic E-state index is 0.0395. The lowest BCUT2D eigenvalue weighted by atomic mass is 10.0. The van der Waals surface area contributed by atoms with Crippen molar-refractivity contribution in [2.24, 2.45) is 0 Å². The van der Waals surface area contributed by atoms with Gasteiger partial charge in [0.05, 0.1) is 12.2 Å². The Labute approximate surface area is 139 Å². The summed E-state index contributed by atoms with van der Waals surface area (Å²) >= 11 is 5.92. The molecule has 0 aliphatic rings. The molecule has 0 saturated carbocycles. The van der Waals surface area contributed by atoms with E-state index in [2.05, 4.69) is 0 Å². The SMILES string of the molecule is CCOC(=O)c1ccc(CC(=O)Cc2ccc(F)cc2Cl)cc1. The highest BCUT2D eigenvalue weighted by Gasteiger charge is 2.10. The average molecular weight is 335 g/mol. The van der Waals surface area contributed by atoms with Gasteiger partial charge in [0.15, 0.2) is 0 Å². The van der Waals surface area contributed by atoms with Gasteiger partial charge in [0, 0.05) is 17.9 Å². The first-order valence-electron chi connectivity index (χ1n) is 7.21. The molecule has 3 nitrogen and oxygen atoms in total. The number of hydrogen-bond acceptors (Lipinski definition) is 3. The summed E-state index contributed by atoms with van der Waals surface area (Å²) in [4.78, 5) is 23.6. The number of ketones is 1. The number of rotatable bonds is 6. The van der Waals surface area contributed by atoms with Crippen LogP contribution >= 0.6 is 11.6 Å². The molecule has 2 aromatic carbocycles. The van der Waals surface area contributed by atoms with Gasteiger partial charge in [-0.05, 0) is 42.3 Å². The van der Waals surface area contributed by atoms with E-state index >= 15 is 0 Å². The molecule has 0 amide bonds. The number of hydrogen-bond donors (Lipinski definition) is 0. The molecule has 0 aliphatic carbocycles. The van der Waals surface area contributed by atoms with E-state index in [1.54, 1.807) is 31.2 Å². The molecule has 2 aromatic rings. The van der Waals surface area contributed by atoms with Crippen molar-refractivity contribution in [2.75, 3.05) is 6.61 Å². The van der Waals surface area contributed by atoms with Crippen molar-refractivity contribution in [3.63, 3.8) is 0 Å². The maximum absolute atomic E-state index is 13.0. The van der Waals surface area contributed by atoms with Crippen molar-refractivity contribution in [3.8, 4) is 0 Å². The molecular weight excluding hydrogens is 319 g/mol. The van der Waals surface area contributed by atoms with E-state index in [4.69, 9.17) is 16.3 Å². The minimum atomic E-state index is -0.430. The quantitative estimate of drug-likeness (QED) is 0.750. The summed E-state index contributed by atoms with van der Waals surface area (Å²) in [5, 5.41) is 0.246. The fraction of sp³-hybridized carbons (Fsp3) is 0.222. The summed E-state index contributed by atoms with van der Waals surface area (Å²) in [6.07, 6.45) is 0.357. The number of carbonyl (C=O) groups excluding carboxylic acids is 2. The van der Waals surface area contributed by atoms with E-state index in [-0.39, 0.29) is 29.6 Å². The standard InChI is InChI=1S/C18H16ClFO3/c1-2-23-18(22)13-5-3-12(4-6-13)9-16(21)10-14-7-8-15(20)11-17(14)19/h3-8,11H,2,9-10H2,1H3. The van der Waals surface area contributed by atoms with Crippen molar-refractivity contribution in [1.82, 2.24) is 0 Å². The number of ether oxygens (including phenoxy) is 1. The Hall–Kier alpha value is -2.20. The van der Waals surface area contributed by atoms with Gasteiger partial charge in [-0.15, -0.1) is 0 Å². The Morgan fingerprint density at radius 3 is 2.39 bits per heavy atom. The normalized spacial score (nSPS) is 10.4. The fourth-order valence-corrected chi connectivity index (χ4v) is 2.37. The van der Waals surface area contributed by atoms with Crippen LogP contribution in [0.1, 0.15) is 28.4 Å². The maximum Gasteiger partial charge on any atom is 0.338 e. The molecule has 0 atom stereocenters. The first-order chi connectivity index (χ1) is 11.0. The van der Waals surface area contributed by atoms with Crippen LogP contribution in [-0.2, 0) is 22.4 Å². The molecule has 0 N–H and O–H groups in total. The van der Waals surface area contributed by atoms with Gasteiger partial charge < -0.3 is 4.74 Å². The predicted octanol–water partition coefficient (Wildman–Crippen LogP) is 4.01. The van der Waals surface area contributed by atoms with E-state index in [9.17, 15) is 14.0 Å². The monoisotopic (exact) mass is 334 g/mol. The van der Waals surface area contributed by atoms with Crippen LogP contribution in [0.4, 0.5) is 4.39 Å². The van der Waals surface area contributed by atoms with E-state index < -0.39 is 5.82 Å². The first kappa shape index (κ1) is 17.2. The van der Waals surface area contributed by atoms with Gasteiger partial charge in [-0.1, -0.05) is 29.8 Å². The van der Waals surface area contributed by atoms with Crippen molar-refractivity contribution >= 4 is 23.4 Å². The van der Waals surface area contributed by atoms with Gasteiger partial charge in [-0.25, -0.2) is 9.18 Å². The van der Waals surface area contributed by atoms with E-state index in [1.165, 1.54) is 18.2 Å². The molecule has 2 rings (SSSR count). The van der Waals surface area contributed by atoms with E-state index in [0.29, 0.717) is 17.7 Å². The molecule has 0 aliphatic heterocycles. The maximum atomic E-state index is 13.0. The molecule has 0 radical (unpaired) electrons. The van der Waals surface area contributed by atoms with Gasteiger partial charge in [0.2, 0.25) is 0 Å². The predicted molar refractivity (Wildman–Crippen MR) is 86.2 cm³/mol. The van der Waals surface area contributed by atoms with Crippen molar-refractivity contribution in [3.05, 3.63) is 70.0 Å². The molecule has 0 unspecified atom stereocenters. The molecular formula is C18H16ClFO3. The summed E-state index contributed by atoms with van der Waals surface area (Å²) in [6, 6.07) is 10.7. The Kier molecular flexibility index (Phi) is 5.88. The second kappa shape index (κ2) is 7.88. The number of carbonyl (C=O) groups is 2. The van der Waals surface area contributed by atoms with Gasteiger partial charge in [-0.2, -0.15) is 0 Å². The summed E-state index contributed by atoms with van der Waals surface area (Å²) in [6.45, 7) is 2.06.